The van der Waals surface area contributed by atoms with Gasteiger partial charge in [-0.25, -0.2) is 14.5 Å². The molecule has 5 N–H and O–H groups in total. The molecular weight excluding hydrogens is 250 g/mol. The van der Waals surface area contributed by atoms with Crippen molar-refractivity contribution in [3.63, 3.8) is 0 Å². The number of nitrogens with two attached hydrogens (primary N) is 2. The van der Waals surface area contributed by atoms with E-state index in [1.165, 1.54) is 12.3 Å². The highest BCUT2D eigenvalue weighted by atomic mass is 16.4. The Morgan fingerprint density at radius 2 is 2.05 bits per heavy atom. The average Bonchev–Trinajstić information content (AvgIpc) is 2.70. The van der Waals surface area contributed by atoms with Crippen LogP contribution in [0.25, 0.3) is 5.82 Å². The van der Waals surface area contributed by atoms with Crippen molar-refractivity contribution in [2.24, 2.45) is 5.73 Å². The van der Waals surface area contributed by atoms with Crippen LogP contribution >= 0.6 is 0 Å². The number of anilines is 1. The van der Waals surface area contributed by atoms with Gasteiger partial charge in [-0.2, -0.15) is 5.10 Å². The normalized spacial score (nSPS) is 10.4. The molecule has 8 heteroatoms. The fraction of sp³-hybridized carbons (Fsp3) is 0.0909. The number of hydrogen-bond donors (Lipinski definition) is 3. The lowest BCUT2D eigenvalue weighted by Crippen LogP contribution is -2.16. The second kappa shape index (κ2) is 4.41. The molecule has 98 valence electrons. The molecular formula is C11H11N5O3. The third-order valence-corrected chi connectivity index (χ3v) is 2.44. The molecule has 2 heterocycles. The number of carbonyl (C=O) groups is 2. The van der Waals surface area contributed by atoms with E-state index in [0.717, 1.165) is 4.68 Å². The minimum absolute atomic E-state index is 0.0220. The van der Waals surface area contributed by atoms with Crippen LogP contribution in [0, 0.1) is 6.92 Å². The first kappa shape index (κ1) is 12.6. The number of carbonyl (C=O) groups excluding carboxylic acids is 1. The van der Waals surface area contributed by atoms with Crippen molar-refractivity contribution in [2.75, 3.05) is 5.73 Å². The smallest absolute Gasteiger partial charge is 0.358 e. The van der Waals surface area contributed by atoms with Gasteiger partial charge in [0.1, 0.15) is 0 Å². The maximum absolute atomic E-state index is 11.3. The van der Waals surface area contributed by atoms with Crippen molar-refractivity contribution in [2.45, 2.75) is 6.92 Å². The number of aryl methyl sites for hydroxylation is 1. The van der Waals surface area contributed by atoms with Crippen LogP contribution in [0.1, 0.15) is 26.5 Å². The number of amides is 1. The first-order valence-electron chi connectivity index (χ1n) is 5.26. The van der Waals surface area contributed by atoms with Gasteiger partial charge in [-0.15, -0.1) is 0 Å². The number of hydrogen-bond acceptors (Lipinski definition) is 5. The van der Waals surface area contributed by atoms with E-state index in [0.29, 0.717) is 5.69 Å². The molecule has 0 saturated carbocycles. The molecule has 0 spiro atoms. The van der Waals surface area contributed by atoms with Gasteiger partial charge < -0.3 is 16.6 Å². The number of aromatic carboxylic acids is 1. The zero-order valence-corrected chi connectivity index (χ0v) is 9.99. The van der Waals surface area contributed by atoms with Crippen molar-refractivity contribution in [1.29, 1.82) is 0 Å². The Kier molecular flexibility index (Phi) is 2.91. The number of carboxylic acids is 1. The van der Waals surface area contributed by atoms with E-state index in [1.54, 1.807) is 13.0 Å². The molecule has 0 fully saturated rings. The number of carboxylic acid groups (broad SMARTS) is 1. The number of aromatic nitrogens is 3. The van der Waals surface area contributed by atoms with Crippen molar-refractivity contribution < 1.29 is 14.7 Å². The zero-order chi connectivity index (χ0) is 14.2. The maximum atomic E-state index is 11.3. The van der Waals surface area contributed by atoms with E-state index >= 15 is 0 Å². The summed E-state index contributed by atoms with van der Waals surface area (Å²) in [7, 11) is 0. The molecule has 0 bridgehead atoms. The van der Waals surface area contributed by atoms with E-state index in [2.05, 4.69) is 10.1 Å². The summed E-state index contributed by atoms with van der Waals surface area (Å²) in [6.07, 6.45) is 1.28. The number of primary amides is 1. The molecule has 0 atom stereocenters. The summed E-state index contributed by atoms with van der Waals surface area (Å²) in [5.74, 6) is -1.80. The molecule has 2 rings (SSSR count). The second-order valence-electron chi connectivity index (χ2n) is 3.87. The Hall–Kier alpha value is -2.90. The van der Waals surface area contributed by atoms with Gasteiger partial charge in [0.25, 0.3) is 5.91 Å². The molecule has 0 aliphatic carbocycles. The van der Waals surface area contributed by atoms with E-state index in [-0.39, 0.29) is 22.8 Å². The van der Waals surface area contributed by atoms with Crippen LogP contribution in [-0.2, 0) is 0 Å². The van der Waals surface area contributed by atoms with Crippen molar-refractivity contribution in [1.82, 2.24) is 14.8 Å². The van der Waals surface area contributed by atoms with Gasteiger partial charge in [0, 0.05) is 5.69 Å². The highest BCUT2D eigenvalue weighted by molar-refractivity contribution is 5.96. The maximum Gasteiger partial charge on any atom is 0.358 e. The summed E-state index contributed by atoms with van der Waals surface area (Å²) < 4.78 is 1.13. The minimum atomic E-state index is -1.26. The van der Waals surface area contributed by atoms with Crippen LogP contribution in [0.3, 0.4) is 0 Å². The first-order chi connectivity index (χ1) is 8.90. The molecule has 0 aliphatic rings. The van der Waals surface area contributed by atoms with Gasteiger partial charge in [-0.3, -0.25) is 4.79 Å². The average molecular weight is 261 g/mol. The van der Waals surface area contributed by atoms with E-state index in [9.17, 15) is 9.59 Å². The Balaban J connectivity index is 2.64. The third-order valence-electron chi connectivity index (χ3n) is 2.44. The summed E-state index contributed by atoms with van der Waals surface area (Å²) in [6.45, 7) is 1.72. The number of nitrogen functional groups attached to an aromatic ring is 1. The Bertz CT molecular complexity index is 677. The molecule has 8 nitrogen and oxygen atoms in total. The molecule has 1 amide bonds. The van der Waals surface area contributed by atoms with Crippen LogP contribution in [-0.4, -0.2) is 31.7 Å². The summed E-state index contributed by atoms with van der Waals surface area (Å²) >= 11 is 0. The quantitative estimate of drug-likeness (QED) is 0.708. The van der Waals surface area contributed by atoms with Crippen molar-refractivity contribution in [3.8, 4) is 5.82 Å². The highest BCUT2D eigenvalue weighted by Gasteiger charge is 2.18. The molecule has 0 saturated heterocycles. The van der Waals surface area contributed by atoms with Crippen molar-refractivity contribution in [3.05, 3.63) is 35.3 Å². The van der Waals surface area contributed by atoms with Gasteiger partial charge >= 0.3 is 5.97 Å². The van der Waals surface area contributed by atoms with Crippen LogP contribution in [0.4, 0.5) is 5.69 Å². The van der Waals surface area contributed by atoms with E-state index in [1.807, 2.05) is 0 Å². The number of nitrogens with zero attached hydrogens (tertiary/aromatic N) is 3. The molecule has 0 aromatic carbocycles. The summed E-state index contributed by atoms with van der Waals surface area (Å²) in [5, 5.41) is 12.7. The lowest BCUT2D eigenvalue weighted by Gasteiger charge is -2.06. The lowest BCUT2D eigenvalue weighted by molar-refractivity contribution is 0.0691. The van der Waals surface area contributed by atoms with Gasteiger partial charge in [-0.1, -0.05) is 0 Å². The lowest BCUT2D eigenvalue weighted by atomic mass is 10.2. The molecule has 0 radical (unpaired) electrons. The molecule has 0 aliphatic heterocycles. The Morgan fingerprint density at radius 3 is 2.58 bits per heavy atom. The summed E-state index contributed by atoms with van der Waals surface area (Å²) in [4.78, 5) is 26.3. The van der Waals surface area contributed by atoms with Gasteiger partial charge in [0.15, 0.2) is 11.5 Å². The summed E-state index contributed by atoms with van der Waals surface area (Å²) in [5.41, 5.74) is 11.2. The SMILES string of the molecule is Cc1ccc(C(N)=O)c(-n2cc(N)c(C(=O)O)n2)n1. The molecule has 2 aromatic rings. The van der Waals surface area contributed by atoms with Crippen LogP contribution in [0.2, 0.25) is 0 Å². The van der Waals surface area contributed by atoms with Crippen LogP contribution < -0.4 is 11.5 Å². The summed E-state index contributed by atoms with van der Waals surface area (Å²) in [6, 6.07) is 3.12. The Labute approximate surface area is 107 Å². The predicted molar refractivity (Wildman–Crippen MR) is 66.0 cm³/mol. The van der Waals surface area contributed by atoms with Crippen molar-refractivity contribution >= 4 is 17.6 Å². The topological polar surface area (TPSA) is 137 Å². The third kappa shape index (κ3) is 2.23. The zero-order valence-electron chi connectivity index (χ0n) is 9.99. The molecule has 2 aromatic heterocycles. The Morgan fingerprint density at radius 1 is 1.37 bits per heavy atom. The first-order valence-corrected chi connectivity index (χ1v) is 5.26. The standard InChI is InChI=1S/C11H11N5O3/c1-5-2-3-6(9(13)17)10(14-5)16-4-7(12)8(15-16)11(18)19/h2-4H,12H2,1H3,(H2,13,17)(H,18,19). The number of rotatable bonds is 3. The predicted octanol–water partition coefficient (Wildman–Crippen LogP) is -0.0450. The number of pyridine rings is 1. The van der Waals surface area contributed by atoms with Gasteiger partial charge in [0.2, 0.25) is 0 Å². The van der Waals surface area contributed by atoms with E-state index in [4.69, 9.17) is 16.6 Å². The highest BCUT2D eigenvalue weighted by Crippen LogP contribution is 2.16. The second-order valence-corrected chi connectivity index (χ2v) is 3.87. The van der Waals surface area contributed by atoms with Gasteiger partial charge in [-0.05, 0) is 19.1 Å². The molecule has 19 heavy (non-hydrogen) atoms. The fourth-order valence-electron chi connectivity index (χ4n) is 1.57. The van der Waals surface area contributed by atoms with Crippen LogP contribution in [0.15, 0.2) is 18.3 Å². The molecule has 0 unspecified atom stereocenters. The van der Waals surface area contributed by atoms with E-state index < -0.39 is 11.9 Å². The largest absolute Gasteiger partial charge is 0.476 e. The minimum Gasteiger partial charge on any atom is -0.476 e. The van der Waals surface area contributed by atoms with Crippen LogP contribution in [0.5, 0.6) is 0 Å². The monoisotopic (exact) mass is 261 g/mol. The fourth-order valence-corrected chi connectivity index (χ4v) is 1.57. The van der Waals surface area contributed by atoms with Gasteiger partial charge in [0.05, 0.1) is 17.4 Å².